The van der Waals surface area contributed by atoms with Gasteiger partial charge in [0.1, 0.15) is 11.3 Å². The fraction of sp³-hybridized carbons (Fsp3) is 0.312. The van der Waals surface area contributed by atoms with Gasteiger partial charge in [-0.3, -0.25) is 4.79 Å². The van der Waals surface area contributed by atoms with Gasteiger partial charge in [0.25, 0.3) is 0 Å². The summed E-state index contributed by atoms with van der Waals surface area (Å²) in [7, 11) is -0.591. The summed E-state index contributed by atoms with van der Waals surface area (Å²) in [4.78, 5) is 12.1. The molecular weight excluding hydrogens is 358 g/mol. The molecule has 2 heterocycles. The molecule has 3 aromatic rings. The number of rotatable bonds is 7. The number of furan rings is 1. The van der Waals surface area contributed by atoms with Gasteiger partial charge in [-0.2, -0.15) is 0 Å². The van der Waals surface area contributed by atoms with Crippen molar-refractivity contribution in [1.29, 1.82) is 0 Å². The fourth-order valence-corrected chi connectivity index (χ4v) is 3.31. The van der Waals surface area contributed by atoms with E-state index in [-0.39, 0.29) is 17.2 Å². The maximum absolute atomic E-state index is 12.2. The first kappa shape index (κ1) is 18.1. The first-order valence-electron chi connectivity index (χ1n) is 7.93. The minimum absolute atomic E-state index is 0.142. The first-order valence-corrected chi connectivity index (χ1v) is 9.37. The molecule has 0 unspecified atom stereocenters. The summed E-state index contributed by atoms with van der Waals surface area (Å²) in [6.45, 7) is 0.663. The number of amides is 1. The molecular formula is C16H19N5O4S. The van der Waals surface area contributed by atoms with Crippen LogP contribution in [0.1, 0.15) is 12.2 Å². The lowest BCUT2D eigenvalue weighted by molar-refractivity contribution is -0.121. The molecule has 138 valence electrons. The van der Waals surface area contributed by atoms with Crippen molar-refractivity contribution in [2.24, 2.45) is 0 Å². The fourth-order valence-electron chi connectivity index (χ4n) is 2.38. The Kier molecular flexibility index (Phi) is 5.05. The molecule has 0 fully saturated rings. The molecule has 0 aliphatic carbocycles. The van der Waals surface area contributed by atoms with Crippen molar-refractivity contribution < 1.29 is 17.6 Å². The molecule has 0 aliphatic rings. The number of aryl methyl sites for hydroxylation is 1. The van der Waals surface area contributed by atoms with E-state index in [4.69, 9.17) is 4.42 Å². The number of carbonyl (C=O) groups excluding carboxylic acids is 1. The van der Waals surface area contributed by atoms with Crippen molar-refractivity contribution in [2.75, 3.05) is 14.1 Å². The van der Waals surface area contributed by atoms with Gasteiger partial charge < -0.3 is 9.73 Å². The second-order valence-corrected chi connectivity index (χ2v) is 8.01. The molecule has 1 amide bonds. The molecule has 0 bridgehead atoms. The third-order valence-electron chi connectivity index (χ3n) is 3.85. The zero-order valence-corrected chi connectivity index (χ0v) is 15.2. The summed E-state index contributed by atoms with van der Waals surface area (Å²) >= 11 is 0. The van der Waals surface area contributed by atoms with E-state index in [1.54, 1.807) is 29.1 Å². The molecule has 1 N–H and O–H groups in total. The molecule has 2 aromatic heterocycles. The molecule has 0 atom stereocenters. The summed E-state index contributed by atoms with van der Waals surface area (Å²) in [5, 5.41) is 10.8. The molecule has 0 spiro atoms. The van der Waals surface area contributed by atoms with Crippen LogP contribution in [-0.2, 0) is 27.9 Å². The van der Waals surface area contributed by atoms with Gasteiger partial charge in [0.15, 0.2) is 0 Å². The number of sulfonamides is 1. The first-order chi connectivity index (χ1) is 12.4. The number of aromatic nitrogens is 3. The van der Waals surface area contributed by atoms with Crippen LogP contribution in [0.5, 0.6) is 0 Å². The number of nitrogens with zero attached hydrogens (tertiary/aromatic N) is 4. The van der Waals surface area contributed by atoms with Gasteiger partial charge >= 0.3 is 0 Å². The van der Waals surface area contributed by atoms with Crippen LogP contribution in [0.3, 0.4) is 0 Å². The smallest absolute Gasteiger partial charge is 0.242 e. The van der Waals surface area contributed by atoms with Crippen molar-refractivity contribution >= 4 is 27.0 Å². The highest BCUT2D eigenvalue weighted by Crippen LogP contribution is 2.19. The summed E-state index contributed by atoms with van der Waals surface area (Å²) < 4.78 is 32.2. The quantitative estimate of drug-likeness (QED) is 0.657. The van der Waals surface area contributed by atoms with Crippen LogP contribution in [0.2, 0.25) is 0 Å². The van der Waals surface area contributed by atoms with Gasteiger partial charge in [-0.05, 0) is 30.3 Å². The molecule has 0 saturated heterocycles. The van der Waals surface area contributed by atoms with Crippen LogP contribution >= 0.6 is 0 Å². The van der Waals surface area contributed by atoms with Gasteiger partial charge in [-0.1, -0.05) is 5.21 Å². The maximum Gasteiger partial charge on any atom is 0.242 e. The Labute approximate surface area is 150 Å². The lowest BCUT2D eigenvalue weighted by Gasteiger charge is -2.11. The maximum atomic E-state index is 12.2. The second kappa shape index (κ2) is 7.26. The van der Waals surface area contributed by atoms with Gasteiger partial charge in [0.2, 0.25) is 15.9 Å². The highest BCUT2D eigenvalue weighted by molar-refractivity contribution is 7.89. The number of nitrogens with one attached hydrogen (secondary N) is 1. The zero-order valence-electron chi connectivity index (χ0n) is 14.4. The van der Waals surface area contributed by atoms with E-state index in [1.807, 2.05) is 0 Å². The normalized spacial score (nSPS) is 12.0. The Hall–Kier alpha value is -2.72. The lowest BCUT2D eigenvalue weighted by atomic mass is 10.3. The summed E-state index contributed by atoms with van der Waals surface area (Å²) in [5.74, 6) is 0.538. The number of carbonyl (C=O) groups is 1. The zero-order chi connectivity index (χ0) is 18.7. The lowest BCUT2D eigenvalue weighted by Crippen LogP contribution is -2.24. The molecule has 0 aliphatic heterocycles. The summed E-state index contributed by atoms with van der Waals surface area (Å²) in [5.41, 5.74) is 1.13. The number of benzene rings is 1. The SMILES string of the molecule is CN(C)S(=O)(=O)c1ccc2c(c1)nnn2CCC(=O)NCc1ccco1. The van der Waals surface area contributed by atoms with E-state index < -0.39 is 10.0 Å². The van der Waals surface area contributed by atoms with Crippen LogP contribution in [0.15, 0.2) is 45.9 Å². The van der Waals surface area contributed by atoms with E-state index in [0.29, 0.717) is 29.9 Å². The molecule has 10 heteroatoms. The minimum atomic E-state index is -3.53. The molecule has 0 saturated carbocycles. The number of fused-ring (bicyclic) bond motifs is 1. The average Bonchev–Trinajstić information content (AvgIpc) is 3.27. The predicted octanol–water partition coefficient (Wildman–Crippen LogP) is 0.981. The van der Waals surface area contributed by atoms with E-state index in [9.17, 15) is 13.2 Å². The Bertz CT molecular complexity index is 1010. The second-order valence-electron chi connectivity index (χ2n) is 5.86. The van der Waals surface area contributed by atoms with Crippen molar-refractivity contribution in [2.45, 2.75) is 24.4 Å². The van der Waals surface area contributed by atoms with Crippen molar-refractivity contribution in [1.82, 2.24) is 24.6 Å². The predicted molar refractivity (Wildman–Crippen MR) is 93.6 cm³/mol. The monoisotopic (exact) mass is 377 g/mol. The van der Waals surface area contributed by atoms with Crippen LogP contribution in [0.4, 0.5) is 0 Å². The molecule has 9 nitrogen and oxygen atoms in total. The molecule has 0 radical (unpaired) electrons. The van der Waals surface area contributed by atoms with Crippen molar-refractivity contribution in [3.05, 3.63) is 42.4 Å². The van der Waals surface area contributed by atoms with Crippen molar-refractivity contribution in [3.8, 4) is 0 Å². The largest absolute Gasteiger partial charge is 0.467 e. The number of hydrogen-bond acceptors (Lipinski definition) is 6. The third-order valence-corrected chi connectivity index (χ3v) is 5.67. The van der Waals surface area contributed by atoms with Gasteiger partial charge in [-0.15, -0.1) is 5.10 Å². The Morgan fingerprint density at radius 3 is 2.81 bits per heavy atom. The van der Waals surface area contributed by atoms with E-state index in [0.717, 1.165) is 4.31 Å². The van der Waals surface area contributed by atoms with Crippen LogP contribution < -0.4 is 5.32 Å². The van der Waals surface area contributed by atoms with Crippen LogP contribution in [0.25, 0.3) is 11.0 Å². The Balaban J connectivity index is 1.66. The third kappa shape index (κ3) is 3.75. The Morgan fingerprint density at radius 1 is 1.31 bits per heavy atom. The van der Waals surface area contributed by atoms with Crippen LogP contribution in [0, 0.1) is 0 Å². The van der Waals surface area contributed by atoms with Gasteiger partial charge in [0.05, 0.1) is 29.8 Å². The minimum Gasteiger partial charge on any atom is -0.467 e. The highest BCUT2D eigenvalue weighted by Gasteiger charge is 2.18. The highest BCUT2D eigenvalue weighted by atomic mass is 32.2. The topological polar surface area (TPSA) is 110 Å². The van der Waals surface area contributed by atoms with Crippen LogP contribution in [-0.4, -0.2) is 47.7 Å². The van der Waals surface area contributed by atoms with Gasteiger partial charge in [0, 0.05) is 20.5 Å². The average molecular weight is 377 g/mol. The van der Waals surface area contributed by atoms with E-state index >= 15 is 0 Å². The number of hydrogen-bond donors (Lipinski definition) is 1. The van der Waals surface area contributed by atoms with Gasteiger partial charge in [-0.25, -0.2) is 17.4 Å². The summed E-state index contributed by atoms with van der Waals surface area (Å²) in [6, 6.07) is 8.17. The summed E-state index contributed by atoms with van der Waals surface area (Å²) in [6.07, 6.45) is 1.77. The van der Waals surface area contributed by atoms with Crippen molar-refractivity contribution in [3.63, 3.8) is 0 Å². The standard InChI is InChI=1S/C16H19N5O4S/c1-20(2)26(23,24)13-5-6-15-14(10-13)18-19-21(15)8-7-16(22)17-11-12-4-3-9-25-12/h3-6,9-10H,7-8,11H2,1-2H3,(H,17,22). The van der Waals surface area contributed by atoms with E-state index in [2.05, 4.69) is 15.6 Å². The molecule has 3 rings (SSSR count). The molecule has 1 aromatic carbocycles. The van der Waals surface area contributed by atoms with E-state index in [1.165, 1.54) is 26.2 Å². The molecule has 26 heavy (non-hydrogen) atoms. The Morgan fingerprint density at radius 2 is 2.12 bits per heavy atom.